The predicted molar refractivity (Wildman–Crippen MR) is 66.9 cm³/mol. The second-order valence-corrected chi connectivity index (χ2v) is 4.89. The Bertz CT molecular complexity index is 524. The van der Waals surface area contributed by atoms with Crippen LogP contribution in [0.2, 0.25) is 0 Å². The van der Waals surface area contributed by atoms with Crippen LogP contribution in [0.3, 0.4) is 0 Å². The molecule has 21 heavy (non-hydrogen) atoms. The van der Waals surface area contributed by atoms with Gasteiger partial charge in [0.2, 0.25) is 5.91 Å². The van der Waals surface area contributed by atoms with Crippen LogP contribution in [-0.4, -0.2) is 30.0 Å². The fourth-order valence-corrected chi connectivity index (χ4v) is 2.02. The Labute approximate surface area is 119 Å². The van der Waals surface area contributed by atoms with Gasteiger partial charge >= 0.3 is 6.18 Å². The fourth-order valence-electron chi connectivity index (χ4n) is 2.02. The Morgan fingerprint density at radius 1 is 1.38 bits per heavy atom. The third-order valence-corrected chi connectivity index (χ3v) is 3.36. The van der Waals surface area contributed by atoms with E-state index in [0.717, 1.165) is 12.1 Å². The molecule has 1 aliphatic heterocycles. The van der Waals surface area contributed by atoms with Gasteiger partial charge in [-0.1, -0.05) is 13.0 Å². The molecule has 0 radical (unpaired) electrons. The van der Waals surface area contributed by atoms with Crippen LogP contribution in [-0.2, 0) is 22.3 Å². The van der Waals surface area contributed by atoms with Gasteiger partial charge in [0, 0.05) is 25.1 Å². The lowest BCUT2D eigenvalue weighted by atomic mass is 10.1. The van der Waals surface area contributed by atoms with Crippen LogP contribution >= 0.6 is 0 Å². The maximum atomic E-state index is 13.6. The number of likely N-dealkylation sites (tertiary alicyclic amines) is 1. The number of carbonyl (C=O) groups excluding carboxylic acids is 1. The molecule has 3 nitrogen and oxygen atoms in total. The first-order valence-electron chi connectivity index (χ1n) is 6.56. The minimum atomic E-state index is -4.56. The van der Waals surface area contributed by atoms with Gasteiger partial charge in [0.15, 0.2) is 0 Å². The molecule has 1 fully saturated rings. The summed E-state index contributed by atoms with van der Waals surface area (Å²) in [5, 5.41) is 0. The topological polar surface area (TPSA) is 29.5 Å². The van der Waals surface area contributed by atoms with Crippen molar-refractivity contribution in [2.24, 2.45) is 0 Å². The summed E-state index contributed by atoms with van der Waals surface area (Å²) in [6.45, 7) is 2.53. The maximum Gasteiger partial charge on any atom is 0.416 e. The van der Waals surface area contributed by atoms with E-state index in [9.17, 15) is 22.4 Å². The monoisotopic (exact) mass is 305 g/mol. The van der Waals surface area contributed by atoms with Gasteiger partial charge in [-0.05, 0) is 12.1 Å². The van der Waals surface area contributed by atoms with Gasteiger partial charge in [-0.2, -0.15) is 13.2 Å². The van der Waals surface area contributed by atoms with E-state index in [0.29, 0.717) is 25.6 Å². The van der Waals surface area contributed by atoms with Crippen LogP contribution in [0.15, 0.2) is 18.2 Å². The summed E-state index contributed by atoms with van der Waals surface area (Å²) in [6.07, 6.45) is -4.34. The third kappa shape index (κ3) is 3.72. The van der Waals surface area contributed by atoms with Crippen LogP contribution < -0.4 is 0 Å². The number of carbonyl (C=O) groups is 1. The fraction of sp³-hybridized carbons (Fsp3) is 0.500. The van der Waals surface area contributed by atoms with E-state index in [1.165, 1.54) is 0 Å². The molecule has 0 aliphatic carbocycles. The first kappa shape index (κ1) is 15.8. The summed E-state index contributed by atoms with van der Waals surface area (Å²) < 4.78 is 56.1. The van der Waals surface area contributed by atoms with Gasteiger partial charge < -0.3 is 9.64 Å². The van der Waals surface area contributed by atoms with E-state index in [4.69, 9.17) is 4.74 Å². The van der Waals surface area contributed by atoms with Crippen LogP contribution in [0.1, 0.15) is 24.5 Å². The molecule has 1 aliphatic rings. The number of halogens is 4. The SMILES string of the molecule is CCC(=O)N1CC(OCc2ccc(C(F)(F)F)cc2F)C1. The molecule has 1 aromatic carbocycles. The van der Waals surface area contributed by atoms with Crippen molar-refractivity contribution in [3.8, 4) is 0 Å². The van der Waals surface area contributed by atoms with E-state index < -0.39 is 17.6 Å². The Morgan fingerprint density at radius 2 is 2.05 bits per heavy atom. The highest BCUT2D eigenvalue weighted by Gasteiger charge is 2.32. The molecular weight excluding hydrogens is 290 g/mol. The molecule has 0 N–H and O–H groups in total. The Morgan fingerprint density at radius 3 is 2.57 bits per heavy atom. The molecule has 0 spiro atoms. The number of ether oxygens (including phenoxy) is 1. The van der Waals surface area contributed by atoms with Crippen molar-refractivity contribution < 1.29 is 27.1 Å². The Balaban J connectivity index is 1.86. The van der Waals surface area contributed by atoms with E-state index in [-0.39, 0.29) is 24.2 Å². The number of hydrogen-bond donors (Lipinski definition) is 0. The van der Waals surface area contributed by atoms with Gasteiger partial charge in [0.05, 0.1) is 18.3 Å². The highest BCUT2D eigenvalue weighted by molar-refractivity contribution is 5.76. The summed E-state index contributed by atoms with van der Waals surface area (Å²) in [6, 6.07) is 2.37. The van der Waals surface area contributed by atoms with Gasteiger partial charge in [-0.25, -0.2) is 4.39 Å². The average Bonchev–Trinajstić information content (AvgIpc) is 2.36. The number of alkyl halides is 3. The molecule has 1 heterocycles. The lowest BCUT2D eigenvalue weighted by molar-refractivity contribution is -0.145. The average molecular weight is 305 g/mol. The second kappa shape index (κ2) is 6.01. The molecule has 0 aromatic heterocycles. The predicted octanol–water partition coefficient (Wildman–Crippen LogP) is 2.98. The van der Waals surface area contributed by atoms with Crippen LogP contribution in [0, 0.1) is 5.82 Å². The minimum absolute atomic E-state index is 0.0237. The van der Waals surface area contributed by atoms with Crippen molar-refractivity contribution in [2.75, 3.05) is 13.1 Å². The smallest absolute Gasteiger partial charge is 0.370 e. The Hall–Kier alpha value is -1.63. The van der Waals surface area contributed by atoms with Gasteiger partial charge in [-0.3, -0.25) is 4.79 Å². The summed E-state index contributed by atoms with van der Waals surface area (Å²) >= 11 is 0. The van der Waals surface area contributed by atoms with Crippen molar-refractivity contribution in [1.82, 2.24) is 4.90 Å². The first-order chi connectivity index (χ1) is 9.81. The number of nitrogens with zero attached hydrogens (tertiary/aromatic N) is 1. The van der Waals surface area contributed by atoms with Gasteiger partial charge in [-0.15, -0.1) is 0 Å². The molecular formula is C14H15F4NO2. The normalized spacial score (nSPS) is 16.0. The van der Waals surface area contributed by atoms with Crippen molar-refractivity contribution >= 4 is 5.91 Å². The number of hydrogen-bond acceptors (Lipinski definition) is 2. The van der Waals surface area contributed by atoms with E-state index in [1.54, 1.807) is 11.8 Å². The van der Waals surface area contributed by atoms with Crippen LogP contribution in [0.25, 0.3) is 0 Å². The van der Waals surface area contributed by atoms with Gasteiger partial charge in [0.25, 0.3) is 0 Å². The second-order valence-electron chi connectivity index (χ2n) is 4.89. The summed E-state index contributed by atoms with van der Waals surface area (Å²) in [5.41, 5.74) is -0.949. The number of benzene rings is 1. The molecule has 0 bridgehead atoms. The Kier molecular flexibility index (Phi) is 4.51. The third-order valence-electron chi connectivity index (χ3n) is 3.36. The lowest BCUT2D eigenvalue weighted by Gasteiger charge is -2.38. The number of amides is 1. The van der Waals surface area contributed by atoms with Crippen LogP contribution in [0.4, 0.5) is 17.6 Å². The molecule has 1 aromatic rings. The molecule has 116 valence electrons. The van der Waals surface area contributed by atoms with Crippen molar-refractivity contribution in [3.63, 3.8) is 0 Å². The standard InChI is InChI=1S/C14H15F4NO2/c1-2-13(20)19-6-11(7-19)21-8-9-3-4-10(5-12(9)15)14(16,17)18/h3-5,11H,2,6-8H2,1H3. The molecule has 0 atom stereocenters. The summed E-state index contributed by atoms with van der Waals surface area (Å²) in [7, 11) is 0. The zero-order valence-electron chi connectivity index (χ0n) is 11.4. The highest BCUT2D eigenvalue weighted by atomic mass is 19.4. The lowest BCUT2D eigenvalue weighted by Crippen LogP contribution is -2.54. The molecule has 2 rings (SSSR count). The number of rotatable bonds is 4. The molecule has 1 saturated heterocycles. The summed E-state index contributed by atoms with van der Waals surface area (Å²) in [4.78, 5) is 12.9. The molecule has 7 heteroatoms. The largest absolute Gasteiger partial charge is 0.416 e. The van der Waals surface area contributed by atoms with E-state index in [2.05, 4.69) is 0 Å². The summed E-state index contributed by atoms with van der Waals surface area (Å²) in [5.74, 6) is -0.916. The molecule has 1 amide bonds. The van der Waals surface area contributed by atoms with Crippen LogP contribution in [0.5, 0.6) is 0 Å². The van der Waals surface area contributed by atoms with E-state index in [1.807, 2.05) is 0 Å². The quantitative estimate of drug-likeness (QED) is 0.800. The maximum absolute atomic E-state index is 13.6. The van der Waals surface area contributed by atoms with Gasteiger partial charge in [0.1, 0.15) is 5.82 Å². The first-order valence-corrected chi connectivity index (χ1v) is 6.56. The minimum Gasteiger partial charge on any atom is -0.370 e. The van der Waals surface area contributed by atoms with Crippen molar-refractivity contribution in [1.29, 1.82) is 0 Å². The van der Waals surface area contributed by atoms with Crippen molar-refractivity contribution in [3.05, 3.63) is 35.1 Å². The zero-order chi connectivity index (χ0) is 15.6. The zero-order valence-corrected chi connectivity index (χ0v) is 11.4. The van der Waals surface area contributed by atoms with E-state index >= 15 is 0 Å². The van der Waals surface area contributed by atoms with Crippen molar-refractivity contribution in [2.45, 2.75) is 32.2 Å². The molecule has 0 saturated carbocycles. The highest BCUT2D eigenvalue weighted by Crippen LogP contribution is 2.30. The molecule has 0 unspecified atom stereocenters.